The van der Waals surface area contributed by atoms with Crippen molar-refractivity contribution in [3.8, 4) is 5.75 Å². The van der Waals surface area contributed by atoms with Crippen molar-refractivity contribution in [2.75, 3.05) is 0 Å². The van der Waals surface area contributed by atoms with E-state index in [2.05, 4.69) is 15.3 Å². The third-order valence-corrected chi connectivity index (χ3v) is 2.74. The summed E-state index contributed by atoms with van der Waals surface area (Å²) < 4.78 is 0. The summed E-state index contributed by atoms with van der Waals surface area (Å²) in [7, 11) is 0. The molecule has 0 spiro atoms. The van der Waals surface area contributed by atoms with Crippen molar-refractivity contribution < 1.29 is 9.90 Å². The van der Waals surface area contributed by atoms with Gasteiger partial charge in [0.15, 0.2) is 5.82 Å². The molecule has 1 aromatic carbocycles. The number of aromatic nitrogens is 1. The van der Waals surface area contributed by atoms with Crippen molar-refractivity contribution in [1.82, 2.24) is 10.3 Å². The number of phenolic OH excluding ortho intramolecular Hbond substituents is 1. The summed E-state index contributed by atoms with van der Waals surface area (Å²) in [6.07, 6.45) is 1.60. The maximum Gasteiger partial charge on any atom is 0.271 e. The van der Waals surface area contributed by atoms with Crippen LogP contribution in [0.3, 0.4) is 0 Å². The van der Waals surface area contributed by atoms with Gasteiger partial charge in [-0.15, -0.1) is 0 Å². The van der Waals surface area contributed by atoms with Crippen LogP contribution in [0.15, 0.2) is 53.7 Å². The number of aliphatic imine (C=N–C) groups is 1. The normalized spacial score (nSPS) is 12.0. The van der Waals surface area contributed by atoms with Gasteiger partial charge in [-0.3, -0.25) is 4.79 Å². The average Bonchev–Trinajstić information content (AvgIpc) is 2.45. The summed E-state index contributed by atoms with van der Waals surface area (Å²) in [6, 6.07) is 11.9. The Kier molecular flexibility index (Phi) is 4.56. The van der Waals surface area contributed by atoms with Crippen molar-refractivity contribution in [1.29, 1.82) is 0 Å². The van der Waals surface area contributed by atoms with Gasteiger partial charge in [-0.1, -0.05) is 18.2 Å². The van der Waals surface area contributed by atoms with Crippen LogP contribution in [0, 0.1) is 0 Å². The standard InChI is InChI=1S/C17H19N3O2/c1-17(2,3)20-16(22)15(12-8-4-5-9-13(12)21)19-14-10-6-7-11-18-14/h4-11,21H,1-3H3,(H,20,22). The number of aromatic hydroxyl groups is 1. The first-order valence-corrected chi connectivity index (χ1v) is 6.97. The second kappa shape index (κ2) is 6.39. The number of hydrogen-bond donors (Lipinski definition) is 2. The van der Waals surface area contributed by atoms with Crippen LogP contribution in [0.5, 0.6) is 5.75 Å². The Labute approximate surface area is 129 Å². The topological polar surface area (TPSA) is 74.6 Å². The predicted molar refractivity (Wildman–Crippen MR) is 86.4 cm³/mol. The van der Waals surface area contributed by atoms with Crippen LogP contribution >= 0.6 is 0 Å². The first-order valence-electron chi connectivity index (χ1n) is 6.97. The van der Waals surface area contributed by atoms with Gasteiger partial charge < -0.3 is 10.4 Å². The van der Waals surface area contributed by atoms with Crippen molar-refractivity contribution in [2.45, 2.75) is 26.3 Å². The zero-order valence-electron chi connectivity index (χ0n) is 12.9. The van der Waals surface area contributed by atoms with Gasteiger partial charge >= 0.3 is 0 Å². The van der Waals surface area contributed by atoms with E-state index < -0.39 is 5.54 Å². The first-order chi connectivity index (χ1) is 10.4. The van der Waals surface area contributed by atoms with E-state index in [9.17, 15) is 9.90 Å². The molecule has 1 heterocycles. The molecule has 2 aromatic rings. The molecule has 2 N–H and O–H groups in total. The number of pyridine rings is 1. The van der Waals surface area contributed by atoms with E-state index in [0.29, 0.717) is 11.4 Å². The van der Waals surface area contributed by atoms with Crippen molar-refractivity contribution in [2.24, 2.45) is 4.99 Å². The fraction of sp³-hybridized carbons (Fsp3) is 0.235. The summed E-state index contributed by atoms with van der Waals surface area (Å²) in [5, 5.41) is 12.9. The molecule has 0 saturated heterocycles. The second-order valence-electron chi connectivity index (χ2n) is 5.87. The SMILES string of the molecule is CC(C)(C)NC(=O)C(=Nc1ccccn1)c1ccccc1O. The highest BCUT2D eigenvalue weighted by atomic mass is 16.3. The Balaban J connectivity index is 2.48. The quantitative estimate of drug-likeness (QED) is 0.855. The molecule has 0 atom stereocenters. The zero-order chi connectivity index (χ0) is 16.2. The highest BCUT2D eigenvalue weighted by Crippen LogP contribution is 2.20. The Morgan fingerprint density at radius 3 is 2.41 bits per heavy atom. The number of hydrogen-bond acceptors (Lipinski definition) is 4. The van der Waals surface area contributed by atoms with E-state index in [1.165, 1.54) is 6.07 Å². The third-order valence-electron chi connectivity index (χ3n) is 2.74. The lowest BCUT2D eigenvalue weighted by Crippen LogP contribution is -2.44. The molecule has 22 heavy (non-hydrogen) atoms. The van der Waals surface area contributed by atoms with Gasteiger partial charge in [0.05, 0.1) is 0 Å². The number of para-hydroxylation sites is 1. The molecule has 5 heteroatoms. The molecule has 0 aliphatic heterocycles. The summed E-state index contributed by atoms with van der Waals surface area (Å²) >= 11 is 0. The largest absolute Gasteiger partial charge is 0.507 e. The Morgan fingerprint density at radius 1 is 1.14 bits per heavy atom. The van der Waals surface area contributed by atoms with Crippen LogP contribution in [-0.4, -0.2) is 27.2 Å². The molecule has 0 bridgehead atoms. The van der Waals surface area contributed by atoms with E-state index >= 15 is 0 Å². The maximum atomic E-state index is 12.5. The van der Waals surface area contributed by atoms with Gasteiger partial charge in [0.1, 0.15) is 11.5 Å². The minimum absolute atomic E-state index is 0.00115. The van der Waals surface area contributed by atoms with Gasteiger partial charge in [0.2, 0.25) is 0 Å². The molecule has 5 nitrogen and oxygen atoms in total. The molecule has 2 rings (SSSR count). The predicted octanol–water partition coefficient (Wildman–Crippen LogP) is 2.82. The van der Waals surface area contributed by atoms with E-state index in [4.69, 9.17) is 0 Å². The number of phenols is 1. The molecule has 0 aliphatic carbocycles. The molecular formula is C17H19N3O2. The van der Waals surface area contributed by atoms with Crippen LogP contribution < -0.4 is 5.32 Å². The summed E-state index contributed by atoms with van der Waals surface area (Å²) in [5.41, 5.74) is 0.0912. The highest BCUT2D eigenvalue weighted by molar-refractivity contribution is 6.46. The Morgan fingerprint density at radius 2 is 1.82 bits per heavy atom. The third kappa shape index (κ3) is 4.15. The minimum atomic E-state index is -0.410. The van der Waals surface area contributed by atoms with Gasteiger partial charge in [0, 0.05) is 17.3 Å². The van der Waals surface area contributed by atoms with Crippen LogP contribution in [-0.2, 0) is 4.79 Å². The van der Waals surface area contributed by atoms with Crippen molar-refractivity contribution in [3.63, 3.8) is 0 Å². The molecule has 114 valence electrons. The van der Waals surface area contributed by atoms with Crippen LogP contribution in [0.25, 0.3) is 0 Å². The van der Waals surface area contributed by atoms with Gasteiger partial charge in [-0.25, -0.2) is 9.98 Å². The molecule has 0 fully saturated rings. The summed E-state index contributed by atoms with van der Waals surface area (Å²) in [5.74, 6) is 0.0469. The minimum Gasteiger partial charge on any atom is -0.507 e. The van der Waals surface area contributed by atoms with Crippen LogP contribution in [0.2, 0.25) is 0 Å². The van der Waals surface area contributed by atoms with E-state index in [1.54, 1.807) is 42.6 Å². The smallest absolute Gasteiger partial charge is 0.271 e. The number of rotatable bonds is 3. The second-order valence-corrected chi connectivity index (χ2v) is 5.87. The summed E-state index contributed by atoms with van der Waals surface area (Å²) in [4.78, 5) is 20.9. The fourth-order valence-electron chi connectivity index (χ4n) is 1.84. The number of carbonyl (C=O) groups excluding carboxylic acids is 1. The number of nitrogens with one attached hydrogen (secondary N) is 1. The molecule has 0 aliphatic rings. The Hall–Kier alpha value is -2.69. The maximum absolute atomic E-state index is 12.5. The monoisotopic (exact) mass is 297 g/mol. The molecule has 0 saturated carbocycles. The lowest BCUT2D eigenvalue weighted by Gasteiger charge is -2.21. The number of carbonyl (C=O) groups is 1. The molecular weight excluding hydrogens is 278 g/mol. The lowest BCUT2D eigenvalue weighted by molar-refractivity contribution is -0.116. The van der Waals surface area contributed by atoms with Crippen LogP contribution in [0.4, 0.5) is 5.82 Å². The molecule has 1 amide bonds. The van der Waals surface area contributed by atoms with Gasteiger partial charge in [-0.2, -0.15) is 0 Å². The average molecular weight is 297 g/mol. The van der Waals surface area contributed by atoms with Crippen LogP contribution in [0.1, 0.15) is 26.3 Å². The van der Waals surface area contributed by atoms with Gasteiger partial charge in [0.25, 0.3) is 5.91 Å². The number of amides is 1. The van der Waals surface area contributed by atoms with Gasteiger partial charge in [-0.05, 0) is 45.0 Å². The lowest BCUT2D eigenvalue weighted by atomic mass is 10.0. The number of benzene rings is 1. The first kappa shape index (κ1) is 15.7. The summed E-state index contributed by atoms with van der Waals surface area (Å²) in [6.45, 7) is 5.65. The Bertz CT molecular complexity index is 689. The molecule has 0 radical (unpaired) electrons. The van der Waals surface area contributed by atoms with Crippen molar-refractivity contribution >= 4 is 17.4 Å². The molecule has 1 aromatic heterocycles. The van der Waals surface area contributed by atoms with E-state index in [0.717, 1.165) is 0 Å². The number of nitrogens with zero attached hydrogens (tertiary/aromatic N) is 2. The molecule has 0 unspecified atom stereocenters. The fourth-order valence-corrected chi connectivity index (χ4v) is 1.84. The van der Waals surface area contributed by atoms with E-state index in [1.807, 2.05) is 20.8 Å². The zero-order valence-corrected chi connectivity index (χ0v) is 12.9. The highest BCUT2D eigenvalue weighted by Gasteiger charge is 2.22. The van der Waals surface area contributed by atoms with E-state index in [-0.39, 0.29) is 17.4 Å². The van der Waals surface area contributed by atoms with Crippen molar-refractivity contribution in [3.05, 3.63) is 54.2 Å².